The summed E-state index contributed by atoms with van der Waals surface area (Å²) in [4.78, 5) is 21.8. The maximum atomic E-state index is 12.9. The van der Waals surface area contributed by atoms with Crippen molar-refractivity contribution in [3.8, 4) is 0 Å². The highest BCUT2D eigenvalue weighted by atomic mass is 16.3. The molecule has 1 aliphatic carbocycles. The Hall–Kier alpha value is -2.32. The van der Waals surface area contributed by atoms with Gasteiger partial charge in [0.2, 0.25) is 0 Å². The second-order valence-corrected chi connectivity index (χ2v) is 7.38. The van der Waals surface area contributed by atoms with Gasteiger partial charge >= 0.3 is 0 Å². The summed E-state index contributed by atoms with van der Waals surface area (Å²) < 4.78 is 2.97. The summed E-state index contributed by atoms with van der Waals surface area (Å²) in [6.07, 6.45) is 8.91. The number of hydrogen-bond donors (Lipinski definition) is 2. The van der Waals surface area contributed by atoms with Gasteiger partial charge in [-0.1, -0.05) is 19.3 Å². The predicted octanol–water partition coefficient (Wildman–Crippen LogP) is 1.19. The van der Waals surface area contributed by atoms with Gasteiger partial charge < -0.3 is 14.8 Å². The largest absolute Gasteiger partial charge is 0.394 e. The molecule has 0 amide bonds. The van der Waals surface area contributed by atoms with E-state index in [0.717, 1.165) is 18.7 Å². The molecular formula is C18H23N5O3. The van der Waals surface area contributed by atoms with E-state index in [0.29, 0.717) is 22.6 Å². The van der Waals surface area contributed by atoms with E-state index in [2.05, 4.69) is 15.1 Å². The lowest BCUT2D eigenvalue weighted by atomic mass is 9.89. The van der Waals surface area contributed by atoms with Gasteiger partial charge in [-0.15, -0.1) is 5.10 Å². The molecule has 0 unspecified atom stereocenters. The van der Waals surface area contributed by atoms with Crippen LogP contribution in [-0.2, 0) is 5.54 Å². The second-order valence-electron chi connectivity index (χ2n) is 7.38. The Balaban J connectivity index is 1.87. The fraction of sp³-hybridized carbons (Fsp3) is 0.556. The van der Waals surface area contributed by atoms with Crippen LogP contribution in [0.1, 0.15) is 50.8 Å². The van der Waals surface area contributed by atoms with E-state index >= 15 is 0 Å². The van der Waals surface area contributed by atoms with Crippen molar-refractivity contribution in [1.82, 2.24) is 24.1 Å². The average molecular weight is 357 g/mol. The highest BCUT2D eigenvalue weighted by Gasteiger charge is 2.27. The lowest BCUT2D eigenvalue weighted by molar-refractivity contribution is 0.0755. The van der Waals surface area contributed by atoms with Crippen LogP contribution < -0.4 is 5.56 Å². The summed E-state index contributed by atoms with van der Waals surface area (Å²) in [6, 6.07) is 1.76. The third kappa shape index (κ3) is 2.60. The highest BCUT2D eigenvalue weighted by molar-refractivity contribution is 5.78. The molecule has 0 saturated heterocycles. The minimum atomic E-state index is -1.07. The average Bonchev–Trinajstić information content (AvgIpc) is 3.13. The van der Waals surface area contributed by atoms with E-state index < -0.39 is 5.54 Å². The first-order valence-corrected chi connectivity index (χ1v) is 9.06. The molecule has 138 valence electrons. The third-order valence-corrected chi connectivity index (χ3v) is 5.48. The molecule has 3 aromatic rings. The van der Waals surface area contributed by atoms with Gasteiger partial charge in [-0.2, -0.15) is 9.50 Å². The van der Waals surface area contributed by atoms with E-state index in [1.165, 1.54) is 30.0 Å². The van der Waals surface area contributed by atoms with Gasteiger partial charge in [0.1, 0.15) is 0 Å². The molecule has 8 heteroatoms. The number of aliphatic hydroxyl groups excluding tert-OH is 2. The van der Waals surface area contributed by atoms with E-state index in [-0.39, 0.29) is 18.8 Å². The first-order chi connectivity index (χ1) is 12.6. The standard InChI is InChI=1S/C18H23N5O3/c1-18(10-24,11-25)22-8-7-14-13(16(22)26)9-19-17-20-15(21-23(14)17)12-5-3-2-4-6-12/h7-9,12,24-25H,2-6,10-11H2,1H3. The van der Waals surface area contributed by atoms with Gasteiger partial charge in [-0.05, 0) is 25.8 Å². The number of nitrogens with zero attached hydrogens (tertiary/aromatic N) is 5. The van der Waals surface area contributed by atoms with Crippen LogP contribution in [0.5, 0.6) is 0 Å². The zero-order chi connectivity index (χ0) is 18.3. The quantitative estimate of drug-likeness (QED) is 0.726. The van der Waals surface area contributed by atoms with E-state index in [9.17, 15) is 15.0 Å². The Labute approximate surface area is 150 Å². The number of hydrogen-bond acceptors (Lipinski definition) is 6. The summed E-state index contributed by atoms with van der Waals surface area (Å²) in [6.45, 7) is 0.933. The highest BCUT2D eigenvalue weighted by Crippen LogP contribution is 2.31. The van der Waals surface area contributed by atoms with Crippen LogP contribution >= 0.6 is 0 Å². The molecule has 0 aliphatic heterocycles. The van der Waals surface area contributed by atoms with Gasteiger partial charge in [0.25, 0.3) is 11.3 Å². The molecule has 0 atom stereocenters. The van der Waals surface area contributed by atoms with E-state index in [1.54, 1.807) is 23.7 Å². The molecular weight excluding hydrogens is 334 g/mol. The van der Waals surface area contributed by atoms with Gasteiger partial charge in [-0.3, -0.25) is 4.79 Å². The van der Waals surface area contributed by atoms with Crippen LogP contribution in [0.25, 0.3) is 16.7 Å². The smallest absolute Gasteiger partial charge is 0.262 e. The maximum absolute atomic E-state index is 12.9. The predicted molar refractivity (Wildman–Crippen MR) is 96.2 cm³/mol. The minimum absolute atomic E-state index is 0.322. The van der Waals surface area contributed by atoms with E-state index in [1.807, 2.05) is 0 Å². The topological polar surface area (TPSA) is 106 Å². The zero-order valence-electron chi connectivity index (χ0n) is 14.8. The molecule has 8 nitrogen and oxygen atoms in total. The Kier molecular flexibility index (Phi) is 4.24. The molecule has 1 fully saturated rings. The lowest BCUT2D eigenvalue weighted by Crippen LogP contribution is -2.44. The first-order valence-electron chi connectivity index (χ1n) is 9.06. The summed E-state index contributed by atoms with van der Waals surface area (Å²) >= 11 is 0. The molecule has 1 aliphatic rings. The van der Waals surface area contributed by atoms with Crippen LogP contribution in [-0.4, -0.2) is 47.6 Å². The normalized spacial score (nSPS) is 16.6. The van der Waals surface area contributed by atoms with Crippen molar-refractivity contribution in [1.29, 1.82) is 0 Å². The molecule has 1 saturated carbocycles. The number of aromatic nitrogens is 5. The fourth-order valence-corrected chi connectivity index (χ4v) is 3.70. The molecule has 0 spiro atoms. The summed E-state index contributed by atoms with van der Waals surface area (Å²) in [7, 11) is 0. The summed E-state index contributed by atoms with van der Waals surface area (Å²) in [5.41, 5.74) is -0.767. The van der Waals surface area contributed by atoms with Crippen LogP contribution in [0.3, 0.4) is 0 Å². The first kappa shape index (κ1) is 17.1. The number of pyridine rings is 1. The Bertz CT molecular complexity index is 999. The van der Waals surface area contributed by atoms with Crippen molar-refractivity contribution in [3.05, 3.63) is 34.6 Å². The Morgan fingerprint density at radius 3 is 2.65 bits per heavy atom. The van der Waals surface area contributed by atoms with Crippen molar-refractivity contribution in [2.24, 2.45) is 0 Å². The molecule has 3 aromatic heterocycles. The zero-order valence-corrected chi connectivity index (χ0v) is 14.8. The second kappa shape index (κ2) is 6.44. The van der Waals surface area contributed by atoms with Crippen molar-refractivity contribution >= 4 is 16.7 Å². The van der Waals surface area contributed by atoms with Gasteiger partial charge in [0, 0.05) is 18.3 Å². The SMILES string of the molecule is CC(CO)(CO)n1ccc2c(cnc3nc(C4CCCCC4)nn32)c1=O. The molecule has 3 heterocycles. The molecule has 26 heavy (non-hydrogen) atoms. The van der Waals surface area contributed by atoms with Gasteiger partial charge in [0.05, 0.1) is 29.7 Å². The van der Waals surface area contributed by atoms with Crippen LogP contribution in [0.15, 0.2) is 23.3 Å². The van der Waals surface area contributed by atoms with Gasteiger partial charge in [0.15, 0.2) is 5.82 Å². The van der Waals surface area contributed by atoms with E-state index in [4.69, 9.17) is 0 Å². The molecule has 4 rings (SSSR count). The summed E-state index contributed by atoms with van der Waals surface area (Å²) in [5, 5.41) is 24.2. The molecule has 0 bridgehead atoms. The van der Waals surface area contributed by atoms with Crippen molar-refractivity contribution in [3.63, 3.8) is 0 Å². The molecule has 0 aromatic carbocycles. The fourth-order valence-electron chi connectivity index (χ4n) is 3.70. The van der Waals surface area contributed by atoms with Crippen LogP contribution in [0, 0.1) is 0 Å². The molecule has 0 radical (unpaired) electrons. The number of aliphatic hydroxyl groups is 2. The van der Waals surface area contributed by atoms with Gasteiger partial charge in [-0.25, -0.2) is 4.98 Å². The van der Waals surface area contributed by atoms with Crippen molar-refractivity contribution in [2.45, 2.75) is 50.5 Å². The Morgan fingerprint density at radius 1 is 1.23 bits per heavy atom. The lowest BCUT2D eigenvalue weighted by Gasteiger charge is -2.27. The van der Waals surface area contributed by atoms with Crippen molar-refractivity contribution in [2.75, 3.05) is 13.2 Å². The summed E-state index contributed by atoms with van der Waals surface area (Å²) in [5.74, 6) is 1.64. The van der Waals surface area contributed by atoms with Crippen LogP contribution in [0.2, 0.25) is 0 Å². The van der Waals surface area contributed by atoms with Crippen molar-refractivity contribution < 1.29 is 10.2 Å². The molecule has 2 N–H and O–H groups in total. The maximum Gasteiger partial charge on any atom is 0.262 e. The Morgan fingerprint density at radius 2 is 1.96 bits per heavy atom. The number of rotatable bonds is 4. The third-order valence-electron chi connectivity index (χ3n) is 5.48. The van der Waals surface area contributed by atoms with Crippen LogP contribution in [0.4, 0.5) is 0 Å². The number of fused-ring (bicyclic) bond motifs is 3. The minimum Gasteiger partial charge on any atom is -0.394 e. The monoisotopic (exact) mass is 357 g/mol.